The lowest BCUT2D eigenvalue weighted by molar-refractivity contribution is -0.266. The third-order valence-electron chi connectivity index (χ3n) is 16.8. The zero-order chi connectivity index (χ0) is 54.1. The van der Waals surface area contributed by atoms with Crippen molar-refractivity contribution in [1.82, 2.24) is 4.90 Å². The fourth-order valence-electron chi connectivity index (χ4n) is 12.0. The molecule has 4 fully saturated rings. The van der Waals surface area contributed by atoms with Crippen molar-refractivity contribution < 1.29 is 67.7 Å². The van der Waals surface area contributed by atoms with Gasteiger partial charge in [0, 0.05) is 51.4 Å². The zero-order valence-electron chi connectivity index (χ0n) is 46.3. The summed E-state index contributed by atoms with van der Waals surface area (Å²) in [6, 6.07) is -1.15. The Balaban J connectivity index is 1.47. The molecule has 0 aromatic carbocycles. The van der Waals surface area contributed by atoms with E-state index >= 15 is 0 Å². The zero-order valence-corrected chi connectivity index (χ0v) is 46.3. The Kier molecular flexibility index (Phi) is 24.9. The number of carbonyl (C=O) groups excluding carboxylic acids is 5. The van der Waals surface area contributed by atoms with Crippen LogP contribution in [0, 0.1) is 41.4 Å². The van der Waals surface area contributed by atoms with Crippen molar-refractivity contribution in [2.24, 2.45) is 41.4 Å². The molecule has 15 heteroatoms. The van der Waals surface area contributed by atoms with Crippen LogP contribution in [-0.4, -0.2) is 145 Å². The van der Waals surface area contributed by atoms with Gasteiger partial charge < -0.3 is 48.6 Å². The summed E-state index contributed by atoms with van der Waals surface area (Å²) in [6.07, 6.45) is 18.1. The number of esters is 1. The van der Waals surface area contributed by atoms with Gasteiger partial charge in [-0.15, -0.1) is 0 Å². The van der Waals surface area contributed by atoms with E-state index in [2.05, 4.69) is 0 Å². The molecular formula is C59H93NO14. The van der Waals surface area contributed by atoms with Crippen LogP contribution in [-0.2, 0) is 52.4 Å². The molecule has 418 valence electrons. The highest BCUT2D eigenvalue weighted by Gasteiger charge is 2.53. The van der Waals surface area contributed by atoms with E-state index in [-0.39, 0.29) is 74.1 Å². The first-order chi connectivity index (χ1) is 35.3. The van der Waals surface area contributed by atoms with Gasteiger partial charge >= 0.3 is 5.97 Å². The first kappa shape index (κ1) is 61.4. The first-order valence-electron chi connectivity index (χ1n) is 28.1. The quantitative estimate of drug-likeness (QED) is 0.102. The monoisotopic (exact) mass is 1040 g/mol. The second-order valence-electron chi connectivity index (χ2n) is 22.8. The number of hydrogen-bond acceptors (Lipinski definition) is 14. The van der Waals surface area contributed by atoms with Gasteiger partial charge in [0.05, 0.1) is 44.2 Å². The number of amides is 1. The van der Waals surface area contributed by atoms with Crippen molar-refractivity contribution in [3.8, 4) is 0 Å². The number of nitrogens with zero attached hydrogens (tertiary/aromatic N) is 1. The second kappa shape index (κ2) is 29.9. The van der Waals surface area contributed by atoms with Gasteiger partial charge in [0.15, 0.2) is 5.78 Å². The number of piperidine rings is 1. The fourth-order valence-corrected chi connectivity index (χ4v) is 12.0. The topological polar surface area (TPSA) is 205 Å². The molecular weight excluding hydrogens is 947 g/mol. The molecule has 74 heavy (non-hydrogen) atoms. The van der Waals surface area contributed by atoms with Crippen LogP contribution in [0.25, 0.3) is 0 Å². The molecule has 5 aliphatic rings. The summed E-state index contributed by atoms with van der Waals surface area (Å²) in [5, 5.41) is 33.2. The summed E-state index contributed by atoms with van der Waals surface area (Å²) in [5.74, 6) is -7.47. The van der Waals surface area contributed by atoms with Crippen LogP contribution in [0.2, 0.25) is 0 Å². The molecule has 2 saturated carbocycles. The average Bonchev–Trinajstić information content (AvgIpc) is 3.39. The van der Waals surface area contributed by atoms with E-state index in [4.69, 9.17) is 28.4 Å². The predicted octanol–water partition coefficient (Wildman–Crippen LogP) is 8.15. The summed E-state index contributed by atoms with van der Waals surface area (Å²) in [5.41, 5.74) is 1.33. The normalized spacial score (nSPS) is 38.5. The Labute approximate surface area is 442 Å². The number of allylic oxidation sites excluding steroid dienone is 6. The number of fused-ring (bicyclic) bond motifs is 3. The van der Waals surface area contributed by atoms with Crippen molar-refractivity contribution in [3.63, 3.8) is 0 Å². The van der Waals surface area contributed by atoms with E-state index in [1.54, 1.807) is 34.0 Å². The molecule has 3 heterocycles. The average molecular weight is 1040 g/mol. The molecule has 2 saturated heterocycles. The van der Waals surface area contributed by atoms with Gasteiger partial charge in [0.25, 0.3) is 11.7 Å². The molecule has 15 atom stereocenters. The highest BCUT2D eigenvalue weighted by molar-refractivity contribution is 6.39. The van der Waals surface area contributed by atoms with Gasteiger partial charge in [0.2, 0.25) is 5.79 Å². The van der Waals surface area contributed by atoms with Crippen LogP contribution in [0.5, 0.6) is 0 Å². The summed E-state index contributed by atoms with van der Waals surface area (Å²) in [4.78, 5) is 73.0. The largest absolute Gasteiger partial charge is 0.460 e. The summed E-state index contributed by atoms with van der Waals surface area (Å²) < 4.78 is 36.7. The molecule has 0 spiro atoms. The standard InChI is InChI=1S/C59H93NO14/c1-37-18-12-10-13-19-38(2)50(72-36-44-20-14-11-15-21-44)34-46-25-23-43(7)59(68,74-46)56(65)57(66)60-27-17-16-22-47(60)58(67)73-51(40(4)32-45-24-26-49(71-29-28-61)52(33-45)69-8)35-48(62)39(3)31-42(6)54(64)55(70-9)53(63)41(5)30-37/h10,12-13,18-19,31,37,39-41,43-47,49-52,54-55,61,64,68H,11,14-17,20-30,32-36H2,1-9H3/b13-10+,18-12+,38-19+,42-31+/t37-,39-,40-,41-,43-,45+,46+,47+,49-,50?,51+,52-,54-,55+,59-/m1/s1. The maximum Gasteiger partial charge on any atom is 0.329 e. The van der Waals surface area contributed by atoms with Crippen molar-refractivity contribution >= 4 is 29.2 Å². The number of methoxy groups -OCH3 is 2. The third kappa shape index (κ3) is 17.0. The second-order valence-corrected chi connectivity index (χ2v) is 22.8. The van der Waals surface area contributed by atoms with E-state index in [9.17, 15) is 39.3 Å². The number of Topliss-reactive ketones (excluding diaryl/α,β-unsaturated/α-hetero) is 3. The fraction of sp³-hybridized carbons (Fsp3) is 0.780. The van der Waals surface area contributed by atoms with Crippen molar-refractivity contribution in [2.45, 2.75) is 212 Å². The maximum atomic E-state index is 14.6. The van der Waals surface area contributed by atoms with Crippen LogP contribution in [0.4, 0.5) is 0 Å². The van der Waals surface area contributed by atoms with Gasteiger partial charge in [-0.2, -0.15) is 0 Å². The van der Waals surface area contributed by atoms with Gasteiger partial charge in [-0.25, -0.2) is 4.79 Å². The maximum absolute atomic E-state index is 14.6. The minimum absolute atomic E-state index is 0.0157. The van der Waals surface area contributed by atoms with Gasteiger partial charge in [0.1, 0.15) is 30.1 Å². The number of carbonyl (C=O) groups is 5. The number of aliphatic hydroxyl groups excluding tert-OH is 2. The Morgan fingerprint density at radius 2 is 1.53 bits per heavy atom. The van der Waals surface area contributed by atoms with Crippen molar-refractivity contribution in [2.75, 3.05) is 40.6 Å². The molecule has 2 aliphatic carbocycles. The van der Waals surface area contributed by atoms with E-state index < -0.39 is 77.8 Å². The predicted molar refractivity (Wildman–Crippen MR) is 281 cm³/mol. The van der Waals surface area contributed by atoms with Gasteiger partial charge in [-0.05, 0) is 126 Å². The molecule has 3 N–H and O–H groups in total. The number of ketones is 3. The van der Waals surface area contributed by atoms with Crippen LogP contribution in [0.3, 0.4) is 0 Å². The van der Waals surface area contributed by atoms with E-state index in [0.29, 0.717) is 75.9 Å². The first-order valence-corrected chi connectivity index (χ1v) is 28.1. The number of rotatable bonds is 11. The third-order valence-corrected chi connectivity index (χ3v) is 16.8. The number of cyclic esters (lactones) is 1. The highest BCUT2D eigenvalue weighted by atomic mass is 16.6. The summed E-state index contributed by atoms with van der Waals surface area (Å²) in [6.45, 7) is 13.6. The molecule has 1 unspecified atom stereocenters. The lowest BCUT2D eigenvalue weighted by Gasteiger charge is -2.43. The molecule has 0 radical (unpaired) electrons. The van der Waals surface area contributed by atoms with Crippen LogP contribution in [0.1, 0.15) is 158 Å². The van der Waals surface area contributed by atoms with Crippen molar-refractivity contribution in [1.29, 1.82) is 0 Å². The Morgan fingerprint density at radius 3 is 2.23 bits per heavy atom. The van der Waals surface area contributed by atoms with Gasteiger partial charge in [-0.1, -0.05) is 90.3 Å². The lowest BCUT2D eigenvalue weighted by Crippen LogP contribution is -2.61. The Hall–Kier alpha value is -3.41. The number of hydrogen-bond donors (Lipinski definition) is 3. The highest BCUT2D eigenvalue weighted by Crippen LogP contribution is 2.38. The van der Waals surface area contributed by atoms with E-state index in [1.807, 2.05) is 58.1 Å². The molecule has 15 nitrogen and oxygen atoms in total. The van der Waals surface area contributed by atoms with Crippen LogP contribution < -0.4 is 0 Å². The lowest BCUT2D eigenvalue weighted by atomic mass is 9.78. The minimum atomic E-state index is -2.44. The summed E-state index contributed by atoms with van der Waals surface area (Å²) >= 11 is 0. The smallest absolute Gasteiger partial charge is 0.329 e. The Bertz CT molecular complexity index is 1960. The SMILES string of the molecule is CO[C@@H]1C[C@H](C[C@@H](C)[C@@H]2CC(=O)[C@H](C)/C=C(\C)[C@@H](O)[C@@H](OC)C(=O)[C@H](C)C[C@H](C)/C=C/C=C/C=C(\C)C(OCC3CCCCC3)C[C@@H]3CC[C@@H](C)[C@@](O)(O3)C(=O)C(=O)N3CCCC[C@H]3C(=O)O2)CC[C@H]1OCCO. The molecule has 0 aromatic heterocycles. The van der Waals surface area contributed by atoms with Crippen LogP contribution >= 0.6 is 0 Å². The molecule has 2 bridgehead atoms. The molecule has 0 aromatic rings. The van der Waals surface area contributed by atoms with Gasteiger partial charge in [-0.3, -0.25) is 19.2 Å². The summed E-state index contributed by atoms with van der Waals surface area (Å²) in [7, 11) is 3.03. The van der Waals surface area contributed by atoms with E-state index in [1.165, 1.54) is 31.3 Å². The Morgan fingerprint density at radius 1 is 0.797 bits per heavy atom. The van der Waals surface area contributed by atoms with Crippen molar-refractivity contribution in [3.05, 3.63) is 47.6 Å². The molecule has 3 aliphatic heterocycles. The molecule has 5 rings (SSSR count). The molecule has 1 amide bonds. The van der Waals surface area contributed by atoms with Crippen LogP contribution in [0.15, 0.2) is 47.6 Å². The number of ether oxygens (including phenoxy) is 6. The number of aliphatic hydroxyl groups is 3. The van der Waals surface area contributed by atoms with E-state index in [0.717, 1.165) is 24.8 Å². The minimum Gasteiger partial charge on any atom is -0.460 e.